The lowest BCUT2D eigenvalue weighted by Gasteiger charge is -2.10. The van der Waals surface area contributed by atoms with E-state index in [1.165, 1.54) is 14.2 Å². The van der Waals surface area contributed by atoms with Gasteiger partial charge >= 0.3 is 0 Å². The molecule has 0 radical (unpaired) electrons. The van der Waals surface area contributed by atoms with Crippen molar-refractivity contribution in [2.45, 2.75) is 30.7 Å². The van der Waals surface area contributed by atoms with Crippen molar-refractivity contribution in [3.63, 3.8) is 0 Å². The van der Waals surface area contributed by atoms with Gasteiger partial charge in [-0.3, -0.25) is 4.79 Å². The van der Waals surface area contributed by atoms with E-state index in [4.69, 9.17) is 16.3 Å². The van der Waals surface area contributed by atoms with Crippen molar-refractivity contribution in [3.05, 3.63) is 58.6 Å². The van der Waals surface area contributed by atoms with E-state index >= 15 is 0 Å². The summed E-state index contributed by atoms with van der Waals surface area (Å²) in [6.07, 6.45) is 0. The second kappa shape index (κ2) is 7.39. The molecule has 2 atom stereocenters. The summed E-state index contributed by atoms with van der Waals surface area (Å²) in [5, 5.41) is 3.52. The maximum atomic E-state index is 12.8. The summed E-state index contributed by atoms with van der Waals surface area (Å²) in [5.41, 5.74) is 1.19. The molecule has 150 valence electrons. The van der Waals surface area contributed by atoms with Crippen LogP contribution in [0, 0.1) is 5.41 Å². The van der Waals surface area contributed by atoms with E-state index in [-0.39, 0.29) is 28.2 Å². The third-order valence-electron chi connectivity index (χ3n) is 5.34. The highest BCUT2D eigenvalue weighted by atomic mass is 35.5. The van der Waals surface area contributed by atoms with Crippen molar-refractivity contribution in [1.82, 2.24) is 10.0 Å². The second-order valence-electron chi connectivity index (χ2n) is 7.37. The minimum absolute atomic E-state index is 0.0768. The summed E-state index contributed by atoms with van der Waals surface area (Å²) >= 11 is 6.02. The van der Waals surface area contributed by atoms with Gasteiger partial charge in [0.25, 0.3) is 5.91 Å². The molecule has 3 rings (SSSR count). The summed E-state index contributed by atoms with van der Waals surface area (Å²) in [5.74, 6) is 0.279. The molecule has 1 amide bonds. The monoisotopic (exact) mass is 422 g/mol. The third-order valence-corrected chi connectivity index (χ3v) is 7.00. The van der Waals surface area contributed by atoms with Crippen molar-refractivity contribution in [2.75, 3.05) is 14.2 Å². The van der Waals surface area contributed by atoms with Gasteiger partial charge in [-0.25, -0.2) is 13.1 Å². The summed E-state index contributed by atoms with van der Waals surface area (Å²) in [6.45, 7) is 4.13. The van der Waals surface area contributed by atoms with Crippen molar-refractivity contribution in [2.24, 2.45) is 5.41 Å². The molecule has 6 nitrogen and oxygen atoms in total. The smallest absolute Gasteiger partial charge is 0.255 e. The van der Waals surface area contributed by atoms with Gasteiger partial charge < -0.3 is 10.1 Å². The first kappa shape index (κ1) is 20.6. The Kier molecular flexibility index (Phi) is 5.44. The Balaban J connectivity index is 1.80. The predicted molar refractivity (Wildman–Crippen MR) is 108 cm³/mol. The molecule has 1 aliphatic carbocycles. The number of hydrogen-bond donors (Lipinski definition) is 2. The van der Waals surface area contributed by atoms with Crippen LogP contribution in [-0.4, -0.2) is 34.5 Å². The molecular weight excluding hydrogens is 400 g/mol. The molecule has 1 fully saturated rings. The fraction of sp³-hybridized carbons (Fsp3) is 0.350. The van der Waals surface area contributed by atoms with Crippen molar-refractivity contribution < 1.29 is 17.9 Å². The molecule has 2 unspecified atom stereocenters. The number of sulfonamides is 1. The molecule has 0 heterocycles. The van der Waals surface area contributed by atoms with Gasteiger partial charge in [0.05, 0.1) is 17.6 Å². The maximum absolute atomic E-state index is 12.8. The Hall–Kier alpha value is -2.09. The van der Waals surface area contributed by atoms with Crippen LogP contribution in [0.15, 0.2) is 47.4 Å². The second-order valence-corrected chi connectivity index (χ2v) is 9.69. The summed E-state index contributed by atoms with van der Waals surface area (Å²) in [7, 11) is -0.593. The maximum Gasteiger partial charge on any atom is 0.255 e. The normalized spacial score (nSPS) is 20.5. The van der Waals surface area contributed by atoms with Gasteiger partial charge in [0, 0.05) is 17.0 Å². The molecule has 0 bridgehead atoms. The van der Waals surface area contributed by atoms with Crippen LogP contribution in [0.4, 0.5) is 0 Å². The molecule has 8 heteroatoms. The fourth-order valence-corrected chi connectivity index (χ4v) is 4.48. The zero-order valence-corrected chi connectivity index (χ0v) is 17.7. The highest BCUT2D eigenvalue weighted by Gasteiger charge is 2.59. The Bertz CT molecular complexity index is 1000. The highest BCUT2D eigenvalue weighted by molar-refractivity contribution is 7.89. The van der Waals surface area contributed by atoms with Gasteiger partial charge in [-0.15, -0.1) is 0 Å². The predicted octanol–water partition coefficient (Wildman–Crippen LogP) is 3.18. The Labute approximate surface area is 170 Å². The average Bonchev–Trinajstić information content (AvgIpc) is 3.21. The van der Waals surface area contributed by atoms with Crippen molar-refractivity contribution >= 4 is 27.5 Å². The number of ether oxygens (including phenoxy) is 1. The van der Waals surface area contributed by atoms with Gasteiger partial charge in [-0.2, -0.15) is 0 Å². The molecule has 1 aliphatic rings. The summed E-state index contributed by atoms with van der Waals surface area (Å²) in [6, 6.07) is 11.6. The first-order valence-corrected chi connectivity index (χ1v) is 10.7. The zero-order chi connectivity index (χ0) is 20.7. The van der Waals surface area contributed by atoms with Crippen LogP contribution in [0.3, 0.4) is 0 Å². The minimum atomic E-state index is -3.48. The molecule has 2 N–H and O–H groups in total. The molecular formula is C20H23ClN2O4S. The lowest BCUT2D eigenvalue weighted by molar-refractivity contribution is 0.0943. The van der Waals surface area contributed by atoms with Gasteiger partial charge in [-0.05, 0) is 48.4 Å². The lowest BCUT2D eigenvalue weighted by atomic mass is 10.0. The summed E-state index contributed by atoms with van der Waals surface area (Å²) < 4.78 is 31.3. The average molecular weight is 423 g/mol. The molecule has 0 aromatic heterocycles. The zero-order valence-electron chi connectivity index (χ0n) is 16.1. The van der Waals surface area contributed by atoms with Gasteiger partial charge in [0.2, 0.25) is 10.0 Å². The molecule has 2 aromatic carbocycles. The molecule has 28 heavy (non-hydrogen) atoms. The van der Waals surface area contributed by atoms with E-state index < -0.39 is 10.0 Å². The lowest BCUT2D eigenvalue weighted by Crippen LogP contribution is -2.29. The molecule has 0 saturated heterocycles. The van der Waals surface area contributed by atoms with Crippen LogP contribution < -0.4 is 14.8 Å². The van der Waals surface area contributed by atoms with Crippen LogP contribution >= 0.6 is 11.6 Å². The molecule has 1 saturated carbocycles. The number of methoxy groups -OCH3 is 1. The van der Waals surface area contributed by atoms with Crippen LogP contribution in [0.25, 0.3) is 0 Å². The van der Waals surface area contributed by atoms with E-state index in [0.29, 0.717) is 16.3 Å². The topological polar surface area (TPSA) is 84.5 Å². The standard InChI is InChI=1S/C20H23ClN2O4S/c1-20(2)17(12-5-8-14(9-6-12)28(25,26)22-3)18(20)23-19(24)15-11-13(21)7-10-16(15)27-4/h5-11,17-18,22H,1-4H3,(H,23,24). The largest absolute Gasteiger partial charge is 0.496 e. The number of carbonyl (C=O) groups excluding carboxylic acids is 1. The van der Waals surface area contributed by atoms with E-state index in [0.717, 1.165) is 5.56 Å². The van der Waals surface area contributed by atoms with E-state index in [2.05, 4.69) is 23.9 Å². The number of halogens is 1. The van der Waals surface area contributed by atoms with Gasteiger partial charge in [-0.1, -0.05) is 37.6 Å². The van der Waals surface area contributed by atoms with Crippen LogP contribution in [-0.2, 0) is 10.0 Å². The molecule has 0 aliphatic heterocycles. The third kappa shape index (κ3) is 3.74. The van der Waals surface area contributed by atoms with E-state index in [1.807, 2.05) is 0 Å². The van der Waals surface area contributed by atoms with Crippen LogP contribution in [0.1, 0.15) is 35.7 Å². The Morgan fingerprint density at radius 3 is 2.36 bits per heavy atom. The van der Waals surface area contributed by atoms with Crippen molar-refractivity contribution in [1.29, 1.82) is 0 Å². The summed E-state index contributed by atoms with van der Waals surface area (Å²) in [4.78, 5) is 13.0. The first-order chi connectivity index (χ1) is 13.1. The van der Waals surface area contributed by atoms with Gasteiger partial charge in [0.1, 0.15) is 5.75 Å². The fourth-order valence-electron chi connectivity index (χ4n) is 3.58. The number of amides is 1. The van der Waals surface area contributed by atoms with Crippen LogP contribution in [0.5, 0.6) is 5.75 Å². The van der Waals surface area contributed by atoms with E-state index in [9.17, 15) is 13.2 Å². The Morgan fingerprint density at radius 1 is 1.14 bits per heavy atom. The number of rotatable bonds is 6. The quantitative estimate of drug-likeness (QED) is 0.748. The molecule has 2 aromatic rings. The number of nitrogens with one attached hydrogen (secondary N) is 2. The number of hydrogen-bond acceptors (Lipinski definition) is 4. The molecule has 0 spiro atoms. The highest BCUT2D eigenvalue weighted by Crippen LogP contribution is 2.58. The van der Waals surface area contributed by atoms with E-state index in [1.54, 1.807) is 42.5 Å². The minimum Gasteiger partial charge on any atom is -0.496 e. The SMILES string of the molecule is CNS(=O)(=O)c1ccc(C2C(NC(=O)c3cc(Cl)ccc3OC)C2(C)C)cc1. The van der Waals surface area contributed by atoms with Gasteiger partial charge in [0.15, 0.2) is 0 Å². The number of carbonyl (C=O) groups is 1. The number of benzene rings is 2. The van der Waals surface area contributed by atoms with Crippen LogP contribution in [0.2, 0.25) is 5.02 Å². The first-order valence-electron chi connectivity index (χ1n) is 8.79. The Morgan fingerprint density at radius 2 is 1.79 bits per heavy atom. The van der Waals surface area contributed by atoms with Crippen molar-refractivity contribution in [3.8, 4) is 5.75 Å².